The summed E-state index contributed by atoms with van der Waals surface area (Å²) in [5.41, 5.74) is 6.11. The van der Waals surface area contributed by atoms with Crippen LogP contribution in [0, 0.1) is 0 Å². The van der Waals surface area contributed by atoms with Crippen molar-refractivity contribution in [2.45, 2.75) is 12.5 Å². The molecule has 0 heterocycles. The summed E-state index contributed by atoms with van der Waals surface area (Å²) >= 11 is 5.85. The number of urea groups is 1. The fourth-order valence-electron chi connectivity index (χ4n) is 2.58. The quantitative estimate of drug-likeness (QED) is 0.476. The zero-order chi connectivity index (χ0) is 21.4. The van der Waals surface area contributed by atoms with Crippen molar-refractivity contribution in [2.24, 2.45) is 5.73 Å². The Hall–Kier alpha value is -3.26. The number of hydrogen-bond donors (Lipinski definition) is 2. The van der Waals surface area contributed by atoms with E-state index in [1.165, 1.54) is 20.3 Å². The maximum Gasteiger partial charge on any atom is 0.312 e. The van der Waals surface area contributed by atoms with Crippen LogP contribution in [0.4, 0.5) is 4.79 Å². The molecular formula is C20H21ClN2O6. The number of carbonyl (C=O) groups is 3. The molecular weight excluding hydrogens is 400 g/mol. The lowest BCUT2D eigenvalue weighted by Crippen LogP contribution is -2.34. The van der Waals surface area contributed by atoms with Gasteiger partial charge in [-0.15, -0.1) is 0 Å². The van der Waals surface area contributed by atoms with Crippen molar-refractivity contribution in [3.8, 4) is 11.5 Å². The first kappa shape index (κ1) is 22.0. The van der Waals surface area contributed by atoms with Gasteiger partial charge in [-0.2, -0.15) is 0 Å². The van der Waals surface area contributed by atoms with Crippen molar-refractivity contribution in [1.29, 1.82) is 0 Å². The molecule has 2 aromatic carbocycles. The minimum Gasteiger partial charge on any atom is -0.493 e. The predicted molar refractivity (Wildman–Crippen MR) is 106 cm³/mol. The van der Waals surface area contributed by atoms with Crippen molar-refractivity contribution in [1.82, 2.24) is 5.32 Å². The molecule has 29 heavy (non-hydrogen) atoms. The summed E-state index contributed by atoms with van der Waals surface area (Å²) in [6.45, 7) is -0.460. The highest BCUT2D eigenvalue weighted by Gasteiger charge is 2.20. The first-order chi connectivity index (χ1) is 13.8. The van der Waals surface area contributed by atoms with E-state index < -0.39 is 30.4 Å². The standard InChI is InChI=1S/C20H21ClN2O6/c1-27-17-8-5-13(9-18(17)28-2)16(24)11-29-19(25)10-15(23-20(22)26)12-3-6-14(21)7-4-12/h3-9,15H,10-11H2,1-2H3,(H3,22,23,26)/t15-/m0/s1. The van der Waals surface area contributed by atoms with Gasteiger partial charge in [0.25, 0.3) is 0 Å². The maximum absolute atomic E-state index is 12.3. The van der Waals surface area contributed by atoms with Crippen LogP contribution in [0.3, 0.4) is 0 Å². The molecule has 0 saturated heterocycles. The molecule has 0 spiro atoms. The molecule has 0 unspecified atom stereocenters. The highest BCUT2D eigenvalue weighted by molar-refractivity contribution is 6.30. The molecule has 9 heteroatoms. The molecule has 0 aliphatic heterocycles. The summed E-state index contributed by atoms with van der Waals surface area (Å²) in [6, 6.07) is 9.68. The average molecular weight is 421 g/mol. The molecule has 1 atom stereocenters. The van der Waals surface area contributed by atoms with Gasteiger partial charge in [-0.3, -0.25) is 9.59 Å². The van der Waals surface area contributed by atoms with Crippen LogP contribution in [0.2, 0.25) is 5.02 Å². The second-order valence-electron chi connectivity index (χ2n) is 5.97. The van der Waals surface area contributed by atoms with Crippen LogP contribution >= 0.6 is 11.6 Å². The third-order valence-electron chi connectivity index (χ3n) is 4.03. The van der Waals surface area contributed by atoms with Crippen molar-refractivity contribution in [3.05, 3.63) is 58.6 Å². The zero-order valence-corrected chi connectivity index (χ0v) is 16.7. The van der Waals surface area contributed by atoms with E-state index in [-0.39, 0.29) is 6.42 Å². The molecule has 3 N–H and O–H groups in total. The average Bonchev–Trinajstić information content (AvgIpc) is 2.71. The lowest BCUT2D eigenvalue weighted by Gasteiger charge is -2.17. The number of methoxy groups -OCH3 is 2. The smallest absolute Gasteiger partial charge is 0.312 e. The number of halogens is 1. The van der Waals surface area contributed by atoms with Crippen LogP contribution in [-0.2, 0) is 9.53 Å². The Morgan fingerprint density at radius 1 is 1.03 bits per heavy atom. The summed E-state index contributed by atoms with van der Waals surface area (Å²) in [7, 11) is 2.94. The molecule has 0 saturated carbocycles. The van der Waals surface area contributed by atoms with Crippen LogP contribution in [-0.4, -0.2) is 38.6 Å². The van der Waals surface area contributed by atoms with Crippen LogP contribution in [0.5, 0.6) is 11.5 Å². The van der Waals surface area contributed by atoms with E-state index in [0.29, 0.717) is 27.6 Å². The third kappa shape index (κ3) is 6.39. The SMILES string of the molecule is COc1ccc(C(=O)COC(=O)C[C@H](NC(N)=O)c2ccc(Cl)cc2)cc1OC. The second kappa shape index (κ2) is 10.3. The van der Waals surface area contributed by atoms with Crippen molar-refractivity contribution < 1.29 is 28.6 Å². The Kier molecular flexibility index (Phi) is 7.85. The maximum atomic E-state index is 12.3. The number of Topliss-reactive ketones (excluding diaryl/α,β-unsaturated/α-hetero) is 1. The number of amides is 2. The molecule has 0 aromatic heterocycles. The van der Waals surface area contributed by atoms with Gasteiger partial charge >= 0.3 is 12.0 Å². The number of rotatable bonds is 9. The Bertz CT molecular complexity index is 885. The van der Waals surface area contributed by atoms with Crippen LogP contribution in [0.15, 0.2) is 42.5 Å². The molecule has 0 aliphatic carbocycles. The number of hydrogen-bond acceptors (Lipinski definition) is 6. The third-order valence-corrected chi connectivity index (χ3v) is 4.28. The molecule has 154 valence electrons. The number of carbonyl (C=O) groups excluding carboxylic acids is 3. The van der Waals surface area contributed by atoms with Gasteiger partial charge in [0, 0.05) is 10.6 Å². The lowest BCUT2D eigenvalue weighted by molar-refractivity contribution is -0.143. The fraction of sp³-hybridized carbons (Fsp3) is 0.250. The Balaban J connectivity index is 2.00. The van der Waals surface area contributed by atoms with Gasteiger partial charge in [-0.25, -0.2) is 4.79 Å². The highest BCUT2D eigenvalue weighted by Crippen LogP contribution is 2.27. The minimum atomic E-state index is -0.792. The Morgan fingerprint density at radius 3 is 2.28 bits per heavy atom. The summed E-state index contributed by atoms with van der Waals surface area (Å²) in [6.07, 6.45) is -0.205. The number of esters is 1. The topological polar surface area (TPSA) is 117 Å². The van der Waals surface area contributed by atoms with Gasteiger partial charge in [-0.1, -0.05) is 23.7 Å². The largest absolute Gasteiger partial charge is 0.493 e. The molecule has 2 amide bonds. The lowest BCUT2D eigenvalue weighted by atomic mass is 10.0. The Morgan fingerprint density at radius 2 is 1.69 bits per heavy atom. The summed E-state index contributed by atoms with van der Waals surface area (Å²) < 4.78 is 15.3. The van der Waals surface area contributed by atoms with E-state index in [0.717, 1.165) is 0 Å². The number of ether oxygens (including phenoxy) is 3. The number of nitrogens with two attached hydrogens (primary N) is 1. The normalized spacial score (nSPS) is 11.3. The van der Waals surface area contributed by atoms with Crippen molar-refractivity contribution in [2.75, 3.05) is 20.8 Å². The molecule has 8 nitrogen and oxygen atoms in total. The van der Waals surface area contributed by atoms with Crippen molar-refractivity contribution >= 4 is 29.4 Å². The zero-order valence-electron chi connectivity index (χ0n) is 15.9. The summed E-state index contributed by atoms with van der Waals surface area (Å²) in [4.78, 5) is 35.8. The highest BCUT2D eigenvalue weighted by atomic mass is 35.5. The summed E-state index contributed by atoms with van der Waals surface area (Å²) in [5, 5.41) is 2.98. The monoisotopic (exact) mass is 420 g/mol. The minimum absolute atomic E-state index is 0.205. The van der Waals surface area contributed by atoms with Crippen LogP contribution in [0.1, 0.15) is 28.4 Å². The van der Waals surface area contributed by atoms with Gasteiger partial charge in [0.15, 0.2) is 23.9 Å². The molecule has 0 bridgehead atoms. The number of ketones is 1. The van der Waals surface area contributed by atoms with E-state index >= 15 is 0 Å². The van der Waals surface area contributed by atoms with Crippen LogP contribution in [0.25, 0.3) is 0 Å². The first-order valence-electron chi connectivity index (χ1n) is 8.56. The molecule has 0 aliphatic rings. The van der Waals surface area contributed by atoms with Gasteiger partial charge in [0.1, 0.15) is 0 Å². The van der Waals surface area contributed by atoms with E-state index in [1.807, 2.05) is 0 Å². The predicted octanol–water partition coefficient (Wildman–Crippen LogP) is 2.88. The van der Waals surface area contributed by atoms with Crippen molar-refractivity contribution in [3.63, 3.8) is 0 Å². The van der Waals surface area contributed by atoms with E-state index in [2.05, 4.69) is 5.32 Å². The van der Waals surface area contributed by atoms with Gasteiger partial charge < -0.3 is 25.3 Å². The second-order valence-corrected chi connectivity index (χ2v) is 6.41. The van der Waals surface area contributed by atoms with E-state index in [1.54, 1.807) is 36.4 Å². The molecule has 2 aromatic rings. The summed E-state index contributed by atoms with van der Waals surface area (Å²) in [5.74, 6) is -0.222. The molecule has 0 fully saturated rings. The molecule has 2 rings (SSSR count). The number of nitrogens with one attached hydrogen (secondary N) is 1. The molecule has 0 radical (unpaired) electrons. The number of benzene rings is 2. The van der Waals surface area contributed by atoms with E-state index in [4.69, 9.17) is 31.5 Å². The van der Waals surface area contributed by atoms with Gasteiger partial charge in [0.2, 0.25) is 0 Å². The Labute approximate surface area is 172 Å². The van der Waals surface area contributed by atoms with Gasteiger partial charge in [0.05, 0.1) is 26.7 Å². The number of primary amides is 1. The van der Waals surface area contributed by atoms with E-state index in [9.17, 15) is 14.4 Å². The van der Waals surface area contributed by atoms with Gasteiger partial charge in [-0.05, 0) is 35.9 Å². The fourth-order valence-corrected chi connectivity index (χ4v) is 2.71. The first-order valence-corrected chi connectivity index (χ1v) is 8.94. The van der Waals surface area contributed by atoms with Crippen LogP contribution < -0.4 is 20.5 Å².